The Hall–Kier alpha value is -2.21. The number of methoxy groups -OCH3 is 1. The molecule has 6 nitrogen and oxygen atoms in total. The van der Waals surface area contributed by atoms with Crippen LogP contribution in [0.25, 0.3) is 11.5 Å². The van der Waals surface area contributed by atoms with Crippen LogP contribution >= 0.6 is 0 Å². The molecule has 0 radical (unpaired) electrons. The normalized spacial score (nSPS) is 10.8. The highest BCUT2D eigenvalue weighted by Gasteiger charge is 2.21. The first kappa shape index (κ1) is 15.2. The Morgan fingerprint density at radius 1 is 1.33 bits per heavy atom. The lowest BCUT2D eigenvalue weighted by Crippen LogP contribution is -2.04. The van der Waals surface area contributed by atoms with Gasteiger partial charge in [-0.3, -0.25) is 0 Å². The first-order valence-electron chi connectivity index (χ1n) is 6.70. The number of rotatable bonds is 6. The number of carboxylic acids is 1. The Morgan fingerprint density at radius 3 is 2.71 bits per heavy atom. The summed E-state index contributed by atoms with van der Waals surface area (Å²) >= 11 is 0. The van der Waals surface area contributed by atoms with Crippen molar-refractivity contribution in [1.29, 1.82) is 0 Å². The highest BCUT2D eigenvalue weighted by atomic mass is 16.5. The third-order valence-electron chi connectivity index (χ3n) is 3.27. The molecule has 0 atom stereocenters. The summed E-state index contributed by atoms with van der Waals surface area (Å²) in [4.78, 5) is 15.8. The summed E-state index contributed by atoms with van der Waals surface area (Å²) < 4.78 is 10.2. The second kappa shape index (κ2) is 6.49. The van der Waals surface area contributed by atoms with Gasteiger partial charge >= 0.3 is 5.97 Å². The molecule has 0 aliphatic heterocycles. The molecule has 0 fully saturated rings. The van der Waals surface area contributed by atoms with Gasteiger partial charge < -0.3 is 14.4 Å². The number of hydrogen-bond acceptors (Lipinski definition) is 5. The molecule has 0 amide bonds. The fraction of sp³-hybridized carbons (Fsp3) is 0.400. The van der Waals surface area contributed by atoms with Crippen molar-refractivity contribution in [3.63, 3.8) is 0 Å². The highest BCUT2D eigenvalue weighted by molar-refractivity contribution is 5.97. The third kappa shape index (κ3) is 3.28. The second-order valence-corrected chi connectivity index (χ2v) is 4.87. The lowest BCUT2D eigenvalue weighted by atomic mass is 9.97. The Morgan fingerprint density at radius 2 is 2.05 bits per heavy atom. The van der Waals surface area contributed by atoms with Gasteiger partial charge in [0.1, 0.15) is 0 Å². The molecule has 2 rings (SSSR count). The van der Waals surface area contributed by atoms with E-state index in [4.69, 9.17) is 9.26 Å². The summed E-state index contributed by atoms with van der Waals surface area (Å²) in [6, 6.07) is 3.63. The van der Waals surface area contributed by atoms with E-state index in [9.17, 15) is 9.90 Å². The molecular formula is C15H18N2O4. The average molecular weight is 290 g/mol. The number of hydrogen-bond donors (Lipinski definition) is 1. The van der Waals surface area contributed by atoms with E-state index in [-0.39, 0.29) is 11.5 Å². The van der Waals surface area contributed by atoms with E-state index in [2.05, 4.69) is 10.1 Å². The fourth-order valence-electron chi connectivity index (χ4n) is 2.19. The molecular weight excluding hydrogens is 272 g/mol. The van der Waals surface area contributed by atoms with Crippen LogP contribution in [-0.4, -0.2) is 34.9 Å². The van der Waals surface area contributed by atoms with Gasteiger partial charge in [-0.15, -0.1) is 0 Å². The maximum absolute atomic E-state index is 11.5. The smallest absolute Gasteiger partial charge is 0.336 e. The van der Waals surface area contributed by atoms with Crippen LogP contribution in [0.4, 0.5) is 0 Å². The van der Waals surface area contributed by atoms with Gasteiger partial charge in [0, 0.05) is 20.1 Å². The molecule has 112 valence electrons. The summed E-state index contributed by atoms with van der Waals surface area (Å²) in [5.41, 5.74) is 2.17. The largest absolute Gasteiger partial charge is 0.478 e. The van der Waals surface area contributed by atoms with Gasteiger partial charge in [-0.1, -0.05) is 17.3 Å². The molecule has 1 aromatic heterocycles. The van der Waals surface area contributed by atoms with Crippen molar-refractivity contribution in [3.8, 4) is 11.5 Å². The predicted octanol–water partition coefficient (Wildman–Crippen LogP) is 2.63. The number of nitrogens with zero attached hydrogens (tertiary/aromatic N) is 2. The van der Waals surface area contributed by atoms with Crippen molar-refractivity contribution in [2.75, 3.05) is 13.7 Å². The van der Waals surface area contributed by atoms with Crippen molar-refractivity contribution in [2.45, 2.75) is 26.7 Å². The second-order valence-electron chi connectivity index (χ2n) is 4.87. The van der Waals surface area contributed by atoms with Crippen molar-refractivity contribution in [1.82, 2.24) is 10.1 Å². The van der Waals surface area contributed by atoms with Crippen LogP contribution in [0.1, 0.15) is 33.7 Å². The molecule has 0 aliphatic carbocycles. The molecule has 0 spiro atoms. The molecule has 2 aromatic rings. The zero-order chi connectivity index (χ0) is 15.4. The average Bonchev–Trinajstić information content (AvgIpc) is 2.89. The van der Waals surface area contributed by atoms with Gasteiger partial charge in [0.2, 0.25) is 0 Å². The standard InChI is InChI=1S/C15H18N2O4/c1-9-6-7-10(2)13(15(18)19)12(9)14-16-11(17-21-14)5-4-8-20-3/h6-7H,4-5,8H2,1-3H3,(H,18,19). The third-order valence-corrected chi connectivity index (χ3v) is 3.27. The number of aryl methyl sites for hydroxylation is 3. The van der Waals surface area contributed by atoms with Crippen molar-refractivity contribution < 1.29 is 19.2 Å². The molecule has 6 heteroatoms. The Kier molecular flexibility index (Phi) is 4.70. The molecule has 0 saturated carbocycles. The highest BCUT2D eigenvalue weighted by Crippen LogP contribution is 2.28. The number of carboxylic acid groups (broad SMARTS) is 1. The van der Waals surface area contributed by atoms with E-state index >= 15 is 0 Å². The van der Waals surface area contributed by atoms with E-state index < -0.39 is 5.97 Å². The number of benzene rings is 1. The van der Waals surface area contributed by atoms with Crippen molar-refractivity contribution >= 4 is 5.97 Å². The minimum Gasteiger partial charge on any atom is -0.478 e. The van der Waals surface area contributed by atoms with Gasteiger partial charge in [-0.2, -0.15) is 4.98 Å². The van der Waals surface area contributed by atoms with Crippen LogP contribution in [0.15, 0.2) is 16.7 Å². The first-order valence-corrected chi connectivity index (χ1v) is 6.70. The molecule has 0 bridgehead atoms. The summed E-state index contributed by atoms with van der Waals surface area (Å²) in [5, 5.41) is 13.3. The van der Waals surface area contributed by atoms with Crippen LogP contribution in [0, 0.1) is 13.8 Å². The minimum absolute atomic E-state index is 0.210. The van der Waals surface area contributed by atoms with E-state index in [1.54, 1.807) is 20.1 Å². The summed E-state index contributed by atoms with van der Waals surface area (Å²) in [6.07, 6.45) is 1.42. The van der Waals surface area contributed by atoms with Crippen molar-refractivity contribution in [3.05, 3.63) is 34.6 Å². The predicted molar refractivity (Wildman–Crippen MR) is 76.4 cm³/mol. The molecule has 0 aliphatic rings. The van der Waals surface area contributed by atoms with E-state index in [0.717, 1.165) is 12.0 Å². The Labute approximate surface area is 122 Å². The van der Waals surface area contributed by atoms with Gasteiger partial charge in [0.05, 0.1) is 11.1 Å². The quantitative estimate of drug-likeness (QED) is 0.823. The van der Waals surface area contributed by atoms with Gasteiger partial charge in [0.25, 0.3) is 5.89 Å². The van der Waals surface area contributed by atoms with E-state index in [1.165, 1.54) is 0 Å². The maximum Gasteiger partial charge on any atom is 0.336 e. The zero-order valence-electron chi connectivity index (χ0n) is 12.3. The Balaban J connectivity index is 2.38. The topological polar surface area (TPSA) is 85.5 Å². The molecule has 0 unspecified atom stereocenters. The minimum atomic E-state index is -0.995. The molecule has 1 aromatic carbocycles. The molecule has 21 heavy (non-hydrogen) atoms. The summed E-state index contributed by atoms with van der Waals surface area (Å²) in [5.74, 6) is -0.189. The van der Waals surface area contributed by atoms with Crippen LogP contribution in [0.2, 0.25) is 0 Å². The van der Waals surface area contributed by atoms with Crippen LogP contribution in [-0.2, 0) is 11.2 Å². The fourth-order valence-corrected chi connectivity index (χ4v) is 2.19. The van der Waals surface area contributed by atoms with Crippen molar-refractivity contribution in [2.24, 2.45) is 0 Å². The number of ether oxygens (including phenoxy) is 1. The van der Waals surface area contributed by atoms with Crippen LogP contribution in [0.3, 0.4) is 0 Å². The SMILES string of the molecule is COCCCc1noc(-c2c(C)ccc(C)c2C(=O)O)n1. The number of aromatic carboxylic acids is 1. The lowest BCUT2D eigenvalue weighted by molar-refractivity contribution is 0.0696. The summed E-state index contributed by atoms with van der Waals surface area (Å²) in [7, 11) is 1.64. The molecule has 1 N–H and O–H groups in total. The van der Waals surface area contributed by atoms with E-state index in [1.807, 2.05) is 13.0 Å². The van der Waals surface area contributed by atoms with Crippen LogP contribution in [0.5, 0.6) is 0 Å². The van der Waals surface area contributed by atoms with E-state index in [0.29, 0.717) is 30.0 Å². The summed E-state index contributed by atoms with van der Waals surface area (Å²) in [6.45, 7) is 4.20. The van der Waals surface area contributed by atoms with Gasteiger partial charge in [-0.25, -0.2) is 4.79 Å². The lowest BCUT2D eigenvalue weighted by Gasteiger charge is -2.08. The molecule has 1 heterocycles. The first-order chi connectivity index (χ1) is 10.0. The zero-order valence-corrected chi connectivity index (χ0v) is 12.3. The van der Waals surface area contributed by atoms with Gasteiger partial charge in [-0.05, 0) is 31.4 Å². The monoisotopic (exact) mass is 290 g/mol. The van der Waals surface area contributed by atoms with Crippen LogP contribution < -0.4 is 0 Å². The maximum atomic E-state index is 11.5. The Bertz CT molecular complexity index is 649. The van der Waals surface area contributed by atoms with Gasteiger partial charge in [0.15, 0.2) is 5.82 Å². The molecule has 0 saturated heterocycles. The number of aromatic nitrogens is 2. The number of carbonyl (C=O) groups is 1.